The normalized spacial score (nSPS) is 14.0. The van der Waals surface area contributed by atoms with Crippen molar-refractivity contribution in [3.63, 3.8) is 0 Å². The molecular formula is C28H18ClNO5. The number of halogens is 1. The van der Waals surface area contributed by atoms with Crippen molar-refractivity contribution in [3.8, 4) is 11.5 Å². The van der Waals surface area contributed by atoms with Gasteiger partial charge in [-0.3, -0.25) is 4.79 Å². The molecule has 1 aliphatic heterocycles. The number of rotatable bonds is 4. The number of Topliss-reactive ketones (excluding diaryl/α,β-unsaturated/α-hetero) is 1. The molecular weight excluding hydrogens is 466 g/mol. The molecule has 3 aromatic carbocycles. The number of nitrogens with zero attached hydrogens (tertiary/aromatic N) is 1. The minimum Gasteiger partial charge on any atom is -0.452 e. The van der Waals surface area contributed by atoms with E-state index in [1.165, 1.54) is 6.07 Å². The van der Waals surface area contributed by atoms with Crippen molar-refractivity contribution in [1.82, 2.24) is 4.57 Å². The Morgan fingerprint density at radius 2 is 1.94 bits per heavy atom. The summed E-state index contributed by atoms with van der Waals surface area (Å²) in [6, 6.07) is 19.3. The van der Waals surface area contributed by atoms with Crippen LogP contribution in [0, 0.1) is 0 Å². The van der Waals surface area contributed by atoms with Gasteiger partial charge in [-0.05, 0) is 55.5 Å². The fourth-order valence-electron chi connectivity index (χ4n) is 4.30. The van der Waals surface area contributed by atoms with Gasteiger partial charge in [-0.2, -0.15) is 0 Å². The summed E-state index contributed by atoms with van der Waals surface area (Å²) in [6.45, 7) is 2.88. The molecule has 0 unspecified atom stereocenters. The number of esters is 1. The van der Waals surface area contributed by atoms with E-state index in [9.17, 15) is 9.59 Å². The van der Waals surface area contributed by atoms with Crippen molar-refractivity contribution in [2.45, 2.75) is 13.5 Å². The fraction of sp³-hybridized carbons (Fsp3) is 0.0714. The molecule has 1 aliphatic rings. The van der Waals surface area contributed by atoms with Crippen molar-refractivity contribution in [2.75, 3.05) is 0 Å². The number of hydrogen-bond donors (Lipinski definition) is 0. The summed E-state index contributed by atoms with van der Waals surface area (Å²) in [5.74, 6) is -0.0412. The predicted molar refractivity (Wildman–Crippen MR) is 133 cm³/mol. The van der Waals surface area contributed by atoms with Crippen LogP contribution in [-0.2, 0) is 6.54 Å². The van der Waals surface area contributed by atoms with Gasteiger partial charge >= 0.3 is 5.97 Å². The lowest BCUT2D eigenvalue weighted by Crippen LogP contribution is -2.07. The van der Waals surface area contributed by atoms with Crippen molar-refractivity contribution in [2.24, 2.45) is 0 Å². The first kappa shape index (κ1) is 21.3. The molecule has 2 aromatic heterocycles. The summed E-state index contributed by atoms with van der Waals surface area (Å²) in [5.41, 5.74) is 2.93. The molecule has 7 heteroatoms. The highest BCUT2D eigenvalue weighted by Gasteiger charge is 2.28. The number of benzene rings is 3. The average Bonchev–Trinajstić information content (AvgIpc) is 3.53. The molecule has 0 radical (unpaired) electrons. The third kappa shape index (κ3) is 3.68. The summed E-state index contributed by atoms with van der Waals surface area (Å²) < 4.78 is 19.0. The van der Waals surface area contributed by atoms with Gasteiger partial charge in [0.15, 0.2) is 5.76 Å². The number of para-hydroxylation sites is 1. The lowest BCUT2D eigenvalue weighted by atomic mass is 10.1. The van der Waals surface area contributed by atoms with Gasteiger partial charge in [0.1, 0.15) is 17.1 Å². The predicted octanol–water partition coefficient (Wildman–Crippen LogP) is 6.90. The van der Waals surface area contributed by atoms with E-state index < -0.39 is 5.97 Å². The van der Waals surface area contributed by atoms with Gasteiger partial charge in [-0.25, -0.2) is 4.79 Å². The van der Waals surface area contributed by atoms with Gasteiger partial charge in [0.25, 0.3) is 0 Å². The van der Waals surface area contributed by atoms with Crippen LogP contribution in [0.1, 0.15) is 33.4 Å². The molecule has 0 aliphatic carbocycles. The van der Waals surface area contributed by atoms with E-state index in [1.807, 2.05) is 30.5 Å². The maximum Gasteiger partial charge on any atom is 0.379 e. The fourth-order valence-corrected chi connectivity index (χ4v) is 4.48. The Balaban J connectivity index is 1.27. The molecule has 0 fully saturated rings. The number of ether oxygens (including phenoxy) is 2. The molecule has 0 spiro atoms. The summed E-state index contributed by atoms with van der Waals surface area (Å²) in [5, 5.41) is 2.28. The maximum absolute atomic E-state index is 13.0. The Bertz CT molecular complexity index is 1690. The Hall–Kier alpha value is -4.29. The van der Waals surface area contributed by atoms with E-state index in [4.69, 9.17) is 25.5 Å². The van der Waals surface area contributed by atoms with Crippen molar-refractivity contribution in [1.29, 1.82) is 0 Å². The number of carbonyl (C=O) groups excluding carboxylic acids is 2. The van der Waals surface area contributed by atoms with Gasteiger partial charge in [-0.15, -0.1) is 0 Å². The summed E-state index contributed by atoms with van der Waals surface area (Å²) in [6.07, 6.45) is 3.76. The second-order valence-electron chi connectivity index (χ2n) is 8.17. The van der Waals surface area contributed by atoms with Gasteiger partial charge in [0.2, 0.25) is 11.5 Å². The van der Waals surface area contributed by atoms with Crippen LogP contribution in [-0.4, -0.2) is 16.3 Å². The third-order valence-electron chi connectivity index (χ3n) is 5.98. The summed E-state index contributed by atoms with van der Waals surface area (Å²) >= 11 is 6.00. The van der Waals surface area contributed by atoms with Gasteiger partial charge in [-0.1, -0.05) is 29.8 Å². The van der Waals surface area contributed by atoms with Crippen molar-refractivity contribution < 1.29 is 23.5 Å². The Kier molecular flexibility index (Phi) is 4.97. The van der Waals surface area contributed by atoms with Crippen molar-refractivity contribution >= 4 is 51.3 Å². The number of carbonyl (C=O) groups is 2. The zero-order valence-corrected chi connectivity index (χ0v) is 19.3. The Morgan fingerprint density at radius 1 is 1.09 bits per heavy atom. The number of allylic oxidation sites excluding steroid dienone is 1. The smallest absolute Gasteiger partial charge is 0.379 e. The molecule has 0 atom stereocenters. The Labute approximate surface area is 204 Å². The minimum atomic E-state index is -0.662. The van der Waals surface area contributed by atoms with Crippen LogP contribution in [0.4, 0.5) is 0 Å². The molecule has 0 amide bonds. The van der Waals surface area contributed by atoms with Gasteiger partial charge in [0.05, 0.1) is 5.56 Å². The molecule has 3 heterocycles. The lowest BCUT2D eigenvalue weighted by molar-refractivity contribution is 0.0703. The topological polar surface area (TPSA) is 70.7 Å². The number of fused-ring (bicyclic) bond motifs is 3. The van der Waals surface area contributed by atoms with E-state index in [0.717, 1.165) is 23.0 Å². The monoisotopic (exact) mass is 483 g/mol. The molecule has 35 heavy (non-hydrogen) atoms. The summed E-state index contributed by atoms with van der Waals surface area (Å²) in [7, 11) is 0. The van der Waals surface area contributed by atoms with E-state index in [0.29, 0.717) is 27.3 Å². The minimum absolute atomic E-state index is 0.0488. The number of furan rings is 1. The molecule has 5 aromatic rings. The largest absolute Gasteiger partial charge is 0.452 e. The first-order chi connectivity index (χ1) is 17.0. The molecule has 0 N–H and O–H groups in total. The molecule has 6 rings (SSSR count). The highest BCUT2D eigenvalue weighted by molar-refractivity contribution is 6.31. The quantitative estimate of drug-likeness (QED) is 0.158. The number of ketones is 1. The maximum atomic E-state index is 13.0. The van der Waals surface area contributed by atoms with E-state index in [2.05, 4.69) is 11.5 Å². The van der Waals surface area contributed by atoms with Crippen LogP contribution in [0.5, 0.6) is 11.5 Å². The zero-order chi connectivity index (χ0) is 24.1. The first-order valence-electron chi connectivity index (χ1n) is 11.1. The molecule has 0 saturated carbocycles. The highest BCUT2D eigenvalue weighted by Crippen LogP contribution is 2.36. The van der Waals surface area contributed by atoms with Gasteiger partial charge in [0, 0.05) is 45.7 Å². The van der Waals surface area contributed by atoms with E-state index >= 15 is 0 Å². The number of hydrogen-bond acceptors (Lipinski definition) is 5. The second kappa shape index (κ2) is 8.18. The molecule has 6 nitrogen and oxygen atoms in total. The SMILES string of the molecule is CCn1cc(/C=C2\Oc3cc(OC(=O)c4cc5cc(Cl)ccc5o4)ccc3C2=O)c2ccccc21. The lowest BCUT2D eigenvalue weighted by Gasteiger charge is -2.04. The van der Waals surface area contributed by atoms with Gasteiger partial charge < -0.3 is 18.5 Å². The Morgan fingerprint density at radius 3 is 2.80 bits per heavy atom. The average molecular weight is 484 g/mol. The highest BCUT2D eigenvalue weighted by atomic mass is 35.5. The second-order valence-corrected chi connectivity index (χ2v) is 8.60. The van der Waals surface area contributed by atoms with Crippen LogP contribution >= 0.6 is 11.6 Å². The zero-order valence-electron chi connectivity index (χ0n) is 18.6. The van der Waals surface area contributed by atoms with E-state index in [1.54, 1.807) is 42.5 Å². The van der Waals surface area contributed by atoms with Crippen LogP contribution in [0.2, 0.25) is 5.02 Å². The van der Waals surface area contributed by atoms with Crippen LogP contribution < -0.4 is 9.47 Å². The van der Waals surface area contributed by atoms with E-state index in [-0.39, 0.29) is 23.1 Å². The standard InChI is InChI=1S/C28H18ClNO5/c1-2-30-15-17(20-5-3-4-6-22(20)30)13-25-27(31)21-9-8-19(14-24(21)35-25)33-28(32)26-12-16-11-18(29)7-10-23(16)34-26/h3-15H,2H2,1H3/b25-13-. The van der Waals surface area contributed by atoms with Crippen LogP contribution in [0.25, 0.3) is 27.9 Å². The van der Waals surface area contributed by atoms with Crippen molar-refractivity contribution in [3.05, 3.63) is 101 Å². The number of aryl methyl sites for hydroxylation is 1. The van der Waals surface area contributed by atoms with Crippen LogP contribution in [0.15, 0.2) is 83.1 Å². The molecule has 172 valence electrons. The number of aromatic nitrogens is 1. The third-order valence-corrected chi connectivity index (χ3v) is 6.21. The van der Waals surface area contributed by atoms with Crippen LogP contribution in [0.3, 0.4) is 0 Å². The summed E-state index contributed by atoms with van der Waals surface area (Å²) in [4.78, 5) is 25.6. The molecule has 0 bridgehead atoms. The first-order valence-corrected chi connectivity index (χ1v) is 11.5. The molecule has 0 saturated heterocycles.